The first kappa shape index (κ1) is 9.70. The standard InChI is InChI=1S/C5H6F2N2O2/c6-5(7)9-2-1-3(8)4(10)11/h1-2,5,8-9H,(H,10,11)/p+1/b2-1-,8-3?. The summed E-state index contributed by atoms with van der Waals surface area (Å²) in [6, 6.07) is 0. The topological polar surface area (TPSA) is 77.8 Å². The minimum absolute atomic E-state index is 0.498. The first-order valence-electron chi connectivity index (χ1n) is 2.65. The lowest BCUT2D eigenvalue weighted by atomic mass is 10.4. The molecular formula is C5H7F2N2O2+. The van der Waals surface area contributed by atoms with Crippen molar-refractivity contribution in [3.8, 4) is 0 Å². The molecule has 0 radical (unpaired) electrons. The van der Waals surface area contributed by atoms with Gasteiger partial charge in [-0.3, -0.25) is 10.7 Å². The highest BCUT2D eigenvalue weighted by Crippen LogP contribution is 1.76. The van der Waals surface area contributed by atoms with E-state index in [-0.39, 0.29) is 0 Å². The Morgan fingerprint density at radius 1 is 1.64 bits per heavy atom. The van der Waals surface area contributed by atoms with E-state index in [2.05, 4.69) is 0 Å². The fourth-order valence-corrected chi connectivity index (χ4v) is 0.307. The monoisotopic (exact) mass is 165 g/mol. The maximum Gasteiger partial charge on any atom is 0.381 e. The summed E-state index contributed by atoms with van der Waals surface area (Å²) in [5.41, 5.74) is -0.720. The summed E-state index contributed by atoms with van der Waals surface area (Å²) in [6.07, 6.45) is 1.62. The predicted molar refractivity (Wildman–Crippen MR) is 32.4 cm³/mol. The van der Waals surface area contributed by atoms with E-state index in [1.165, 1.54) is 0 Å². The molecule has 0 rings (SSSR count). The van der Waals surface area contributed by atoms with Crippen LogP contribution in [-0.2, 0) is 4.79 Å². The van der Waals surface area contributed by atoms with E-state index in [1.807, 2.05) is 0 Å². The number of quaternary nitrogens is 1. The zero-order chi connectivity index (χ0) is 8.85. The number of nitrogens with two attached hydrogens (primary N) is 1. The van der Waals surface area contributed by atoms with Crippen LogP contribution in [0, 0.1) is 5.41 Å². The Morgan fingerprint density at radius 2 is 2.18 bits per heavy atom. The normalized spacial score (nSPS) is 10.8. The highest BCUT2D eigenvalue weighted by atomic mass is 19.3. The summed E-state index contributed by atoms with van der Waals surface area (Å²) in [5.74, 6) is -1.44. The maximum atomic E-state index is 11.4. The molecule has 0 saturated heterocycles. The number of alkyl halides is 2. The molecule has 0 aromatic heterocycles. The Kier molecular flexibility index (Phi) is 3.97. The van der Waals surface area contributed by atoms with Gasteiger partial charge in [0.2, 0.25) is 0 Å². The third-order valence-electron chi connectivity index (χ3n) is 0.750. The van der Waals surface area contributed by atoms with Crippen LogP contribution in [0.2, 0.25) is 0 Å². The fourth-order valence-electron chi connectivity index (χ4n) is 0.307. The number of carbonyl (C=O) groups is 1. The van der Waals surface area contributed by atoms with Crippen LogP contribution in [0.1, 0.15) is 0 Å². The summed E-state index contributed by atoms with van der Waals surface area (Å²) >= 11 is 0. The fraction of sp³-hybridized carbons (Fsp3) is 0.200. The molecule has 11 heavy (non-hydrogen) atoms. The average molecular weight is 165 g/mol. The van der Waals surface area contributed by atoms with Crippen LogP contribution in [0.5, 0.6) is 0 Å². The third kappa shape index (κ3) is 5.16. The maximum absolute atomic E-state index is 11.4. The lowest BCUT2D eigenvalue weighted by molar-refractivity contribution is -0.681. The zero-order valence-corrected chi connectivity index (χ0v) is 5.42. The van der Waals surface area contributed by atoms with Crippen molar-refractivity contribution in [3.05, 3.63) is 12.3 Å². The second kappa shape index (κ2) is 4.51. The van der Waals surface area contributed by atoms with Crippen LogP contribution in [-0.4, -0.2) is 23.3 Å². The zero-order valence-electron chi connectivity index (χ0n) is 5.42. The third-order valence-corrected chi connectivity index (χ3v) is 0.750. The second-order valence-electron chi connectivity index (χ2n) is 1.60. The number of rotatable bonds is 4. The summed E-state index contributed by atoms with van der Waals surface area (Å²) < 4.78 is 22.7. The molecule has 0 aromatic rings. The van der Waals surface area contributed by atoms with Crippen LogP contribution >= 0.6 is 0 Å². The van der Waals surface area contributed by atoms with Crippen molar-refractivity contribution in [2.45, 2.75) is 6.55 Å². The smallest absolute Gasteiger partial charge is 0.381 e. The largest absolute Gasteiger partial charge is 0.477 e. The van der Waals surface area contributed by atoms with Gasteiger partial charge >= 0.3 is 12.5 Å². The number of carboxylic acid groups (broad SMARTS) is 1. The molecule has 4 N–H and O–H groups in total. The van der Waals surface area contributed by atoms with Crippen molar-refractivity contribution in [1.82, 2.24) is 0 Å². The highest BCUT2D eigenvalue weighted by Gasteiger charge is 2.03. The van der Waals surface area contributed by atoms with Crippen LogP contribution in [0.4, 0.5) is 8.78 Å². The van der Waals surface area contributed by atoms with Crippen molar-refractivity contribution in [2.75, 3.05) is 0 Å². The van der Waals surface area contributed by atoms with Crippen molar-refractivity contribution >= 4 is 11.7 Å². The van der Waals surface area contributed by atoms with E-state index in [9.17, 15) is 13.6 Å². The average Bonchev–Trinajstić information content (AvgIpc) is 1.86. The molecule has 6 heteroatoms. The number of carboxylic acids is 1. The van der Waals surface area contributed by atoms with Gasteiger partial charge in [0.15, 0.2) is 0 Å². The van der Waals surface area contributed by atoms with Crippen LogP contribution in [0.15, 0.2) is 12.3 Å². The first-order chi connectivity index (χ1) is 5.04. The minimum Gasteiger partial charge on any atom is -0.477 e. The molecule has 0 aliphatic carbocycles. The van der Waals surface area contributed by atoms with E-state index in [4.69, 9.17) is 10.5 Å². The Hall–Kier alpha value is -1.30. The van der Waals surface area contributed by atoms with E-state index < -0.39 is 18.2 Å². The quantitative estimate of drug-likeness (QED) is 0.384. The summed E-state index contributed by atoms with van der Waals surface area (Å²) in [6.45, 7) is -2.62. The van der Waals surface area contributed by atoms with Gasteiger partial charge < -0.3 is 5.11 Å². The van der Waals surface area contributed by atoms with Crippen molar-refractivity contribution in [2.24, 2.45) is 0 Å². The van der Waals surface area contributed by atoms with Gasteiger partial charge in [0.1, 0.15) is 5.71 Å². The van der Waals surface area contributed by atoms with Crippen LogP contribution < -0.4 is 5.32 Å². The SMILES string of the molecule is N=C(/C=C\[NH2+]C(F)F)C(=O)O. The second-order valence-corrected chi connectivity index (χ2v) is 1.60. The molecule has 0 spiro atoms. The highest BCUT2D eigenvalue weighted by molar-refractivity contribution is 6.38. The van der Waals surface area contributed by atoms with Crippen LogP contribution in [0.25, 0.3) is 0 Å². The molecule has 0 aliphatic heterocycles. The molecule has 0 aliphatic rings. The Labute approximate surface area is 61.0 Å². The molecule has 0 aromatic carbocycles. The first-order valence-corrected chi connectivity index (χ1v) is 2.65. The van der Waals surface area contributed by atoms with Crippen LogP contribution in [0.3, 0.4) is 0 Å². The Bertz CT molecular complexity index is 191. The number of hydrogen-bond acceptors (Lipinski definition) is 2. The summed E-state index contributed by atoms with van der Waals surface area (Å²) in [5, 5.41) is 15.2. The number of hydrogen-bond donors (Lipinski definition) is 3. The molecule has 0 bridgehead atoms. The van der Waals surface area contributed by atoms with E-state index in [0.717, 1.165) is 12.3 Å². The van der Waals surface area contributed by atoms with Gasteiger partial charge in [-0.1, -0.05) is 0 Å². The van der Waals surface area contributed by atoms with Gasteiger partial charge in [-0.15, -0.1) is 0 Å². The van der Waals surface area contributed by atoms with Gasteiger partial charge in [0.05, 0.1) is 6.20 Å². The van der Waals surface area contributed by atoms with Crippen molar-refractivity contribution in [1.29, 1.82) is 5.41 Å². The van der Waals surface area contributed by atoms with E-state index in [0.29, 0.717) is 5.32 Å². The molecule has 0 atom stereocenters. The molecule has 62 valence electrons. The molecule has 0 saturated carbocycles. The Morgan fingerprint density at radius 3 is 2.55 bits per heavy atom. The lowest BCUT2D eigenvalue weighted by Gasteiger charge is -1.89. The molecular weight excluding hydrogens is 158 g/mol. The number of aliphatic carboxylic acids is 1. The van der Waals surface area contributed by atoms with Crippen molar-refractivity contribution in [3.63, 3.8) is 0 Å². The molecule has 0 unspecified atom stereocenters. The van der Waals surface area contributed by atoms with Gasteiger partial charge in [0, 0.05) is 6.08 Å². The Balaban J connectivity index is 3.75. The molecule has 0 fully saturated rings. The summed E-state index contributed by atoms with van der Waals surface area (Å²) in [7, 11) is 0. The number of halogens is 2. The minimum atomic E-state index is -2.62. The van der Waals surface area contributed by atoms with Gasteiger partial charge in [0.25, 0.3) is 0 Å². The van der Waals surface area contributed by atoms with Gasteiger partial charge in [-0.25, -0.2) is 4.79 Å². The van der Waals surface area contributed by atoms with E-state index >= 15 is 0 Å². The number of nitrogens with one attached hydrogen (secondary N) is 1. The van der Waals surface area contributed by atoms with Crippen molar-refractivity contribution < 1.29 is 24.0 Å². The molecule has 4 nitrogen and oxygen atoms in total. The molecule has 0 heterocycles. The predicted octanol–water partition coefficient (Wildman–Crippen LogP) is -0.610. The van der Waals surface area contributed by atoms with Gasteiger partial charge in [-0.05, 0) is 0 Å². The summed E-state index contributed by atoms with van der Waals surface area (Å²) in [4.78, 5) is 9.90. The van der Waals surface area contributed by atoms with Gasteiger partial charge in [-0.2, -0.15) is 8.78 Å². The lowest BCUT2D eigenvalue weighted by Crippen LogP contribution is -2.81. The van der Waals surface area contributed by atoms with E-state index in [1.54, 1.807) is 0 Å². The molecule has 0 amide bonds.